The van der Waals surface area contributed by atoms with Gasteiger partial charge in [-0.05, 0) is 6.07 Å². The lowest BCUT2D eigenvalue weighted by Gasteiger charge is -2.30. The average Bonchev–Trinajstić information content (AvgIpc) is 3.00. The van der Waals surface area contributed by atoms with Gasteiger partial charge < -0.3 is 25.6 Å². The minimum Gasteiger partial charge on any atom is -0.388 e. The predicted octanol–water partition coefficient (Wildman–Crippen LogP) is -0.651. The standard InChI is InChI=1S/C12H19N5O3S/c1-13-12-16-6-4-9(21-12)20-7(11(19)10(6)18)5-14-8-2-3-15-17-8/h2-3,6-7,9-11,18-19H,4-5H2,1H3,(H,13,16)(H2,14,15,17). The average molecular weight is 313 g/mol. The summed E-state index contributed by atoms with van der Waals surface area (Å²) in [6.45, 7) is 0.378. The van der Waals surface area contributed by atoms with Gasteiger partial charge in [0.25, 0.3) is 0 Å². The van der Waals surface area contributed by atoms with E-state index in [1.165, 1.54) is 11.8 Å². The molecular weight excluding hydrogens is 294 g/mol. The monoisotopic (exact) mass is 313 g/mol. The number of amidine groups is 1. The van der Waals surface area contributed by atoms with E-state index in [4.69, 9.17) is 4.74 Å². The highest BCUT2D eigenvalue weighted by molar-refractivity contribution is 8.14. The second kappa shape index (κ2) is 6.22. The van der Waals surface area contributed by atoms with Crippen molar-refractivity contribution in [1.29, 1.82) is 0 Å². The van der Waals surface area contributed by atoms with Gasteiger partial charge >= 0.3 is 0 Å². The lowest BCUT2D eigenvalue weighted by Crippen LogP contribution is -2.52. The quantitative estimate of drug-likeness (QED) is 0.504. The summed E-state index contributed by atoms with van der Waals surface area (Å²) in [5.74, 6) is 0.745. The van der Waals surface area contributed by atoms with E-state index in [-0.39, 0.29) is 11.5 Å². The van der Waals surface area contributed by atoms with Crippen molar-refractivity contribution in [3.63, 3.8) is 0 Å². The van der Waals surface area contributed by atoms with Crippen LogP contribution in [0.25, 0.3) is 0 Å². The van der Waals surface area contributed by atoms with Gasteiger partial charge in [-0.1, -0.05) is 11.8 Å². The van der Waals surface area contributed by atoms with Crippen LogP contribution in [0.5, 0.6) is 0 Å². The van der Waals surface area contributed by atoms with Crippen LogP contribution < -0.4 is 10.6 Å². The number of ether oxygens (including phenoxy) is 1. The Morgan fingerprint density at radius 3 is 3.10 bits per heavy atom. The van der Waals surface area contributed by atoms with E-state index in [9.17, 15) is 10.2 Å². The van der Waals surface area contributed by atoms with Crippen LogP contribution in [0, 0.1) is 0 Å². The first-order chi connectivity index (χ1) is 10.2. The van der Waals surface area contributed by atoms with E-state index in [0.29, 0.717) is 13.0 Å². The fourth-order valence-corrected chi connectivity index (χ4v) is 3.60. The van der Waals surface area contributed by atoms with Gasteiger partial charge in [-0.15, -0.1) is 0 Å². The minimum atomic E-state index is -0.972. The third-order valence-electron chi connectivity index (χ3n) is 3.67. The molecule has 1 aromatic heterocycles. The maximum atomic E-state index is 10.3. The zero-order valence-electron chi connectivity index (χ0n) is 11.6. The smallest absolute Gasteiger partial charge is 0.159 e. The van der Waals surface area contributed by atoms with E-state index in [1.54, 1.807) is 19.3 Å². The molecule has 2 aliphatic heterocycles. The molecule has 5 atom stereocenters. The van der Waals surface area contributed by atoms with Crippen LogP contribution in [0.4, 0.5) is 5.82 Å². The number of hydrogen-bond donors (Lipinski definition) is 5. The number of aromatic amines is 1. The maximum Gasteiger partial charge on any atom is 0.159 e. The van der Waals surface area contributed by atoms with Crippen molar-refractivity contribution >= 4 is 22.7 Å². The first-order valence-electron chi connectivity index (χ1n) is 6.82. The van der Waals surface area contributed by atoms with Crippen LogP contribution >= 0.6 is 11.8 Å². The van der Waals surface area contributed by atoms with Gasteiger partial charge in [-0.3, -0.25) is 10.1 Å². The van der Waals surface area contributed by atoms with E-state index >= 15 is 0 Å². The van der Waals surface area contributed by atoms with Crippen molar-refractivity contribution in [3.8, 4) is 0 Å². The Kier molecular flexibility index (Phi) is 4.34. The second-order valence-electron chi connectivity index (χ2n) is 5.07. The fraction of sp³-hybridized carbons (Fsp3) is 0.667. The normalized spacial score (nSPS) is 37.9. The highest BCUT2D eigenvalue weighted by Gasteiger charge is 2.43. The molecule has 2 bridgehead atoms. The Morgan fingerprint density at radius 1 is 1.52 bits per heavy atom. The van der Waals surface area contributed by atoms with Crippen molar-refractivity contribution in [2.75, 3.05) is 18.9 Å². The van der Waals surface area contributed by atoms with Gasteiger partial charge in [0.1, 0.15) is 29.6 Å². The van der Waals surface area contributed by atoms with Crippen LogP contribution in [-0.2, 0) is 4.74 Å². The molecule has 3 rings (SSSR count). The van der Waals surface area contributed by atoms with E-state index in [1.807, 2.05) is 0 Å². The number of rotatable bonds is 3. The van der Waals surface area contributed by atoms with Gasteiger partial charge in [-0.2, -0.15) is 5.10 Å². The van der Waals surface area contributed by atoms with Crippen molar-refractivity contribution in [2.24, 2.45) is 4.99 Å². The Labute approximate surface area is 126 Å². The molecule has 2 aliphatic rings. The van der Waals surface area contributed by atoms with E-state index < -0.39 is 18.3 Å². The van der Waals surface area contributed by atoms with Crippen molar-refractivity contribution in [2.45, 2.75) is 36.2 Å². The molecule has 1 aromatic rings. The van der Waals surface area contributed by atoms with Crippen LogP contribution in [-0.4, -0.2) is 69.0 Å². The number of thioether (sulfide) groups is 1. The Hall–Kier alpha value is -1.29. The van der Waals surface area contributed by atoms with E-state index in [2.05, 4.69) is 25.8 Å². The minimum absolute atomic E-state index is 0.129. The highest BCUT2D eigenvalue weighted by atomic mass is 32.2. The predicted molar refractivity (Wildman–Crippen MR) is 80.2 cm³/mol. The molecule has 2 fully saturated rings. The molecule has 5 N–H and O–H groups in total. The topological polar surface area (TPSA) is 115 Å². The lowest BCUT2D eigenvalue weighted by atomic mass is 10.0. The summed E-state index contributed by atoms with van der Waals surface area (Å²) in [7, 11) is 1.69. The maximum absolute atomic E-state index is 10.3. The van der Waals surface area contributed by atoms with Crippen LogP contribution in [0.2, 0.25) is 0 Å². The van der Waals surface area contributed by atoms with Gasteiger partial charge in [0.05, 0.1) is 12.2 Å². The van der Waals surface area contributed by atoms with Crippen LogP contribution in [0.1, 0.15) is 6.42 Å². The summed E-state index contributed by atoms with van der Waals surface area (Å²) in [6.07, 6.45) is -0.120. The zero-order valence-corrected chi connectivity index (χ0v) is 12.4. The number of fused-ring (bicyclic) bond motifs is 2. The summed E-state index contributed by atoms with van der Waals surface area (Å²) in [6, 6.07) is 1.54. The summed E-state index contributed by atoms with van der Waals surface area (Å²) in [5.41, 5.74) is -0.129. The lowest BCUT2D eigenvalue weighted by molar-refractivity contribution is -0.0721. The Balaban J connectivity index is 1.69. The molecule has 8 nitrogen and oxygen atoms in total. The molecule has 0 aliphatic carbocycles. The Morgan fingerprint density at radius 2 is 2.38 bits per heavy atom. The molecule has 0 saturated carbocycles. The number of H-pyrrole nitrogens is 1. The largest absolute Gasteiger partial charge is 0.388 e. The molecule has 0 amide bonds. The molecule has 9 heteroatoms. The van der Waals surface area contributed by atoms with Gasteiger partial charge in [0, 0.05) is 20.0 Å². The summed E-state index contributed by atoms with van der Waals surface area (Å²) >= 11 is 1.48. The van der Waals surface area contributed by atoms with Crippen molar-refractivity contribution in [1.82, 2.24) is 15.5 Å². The number of aromatic nitrogens is 2. The highest BCUT2D eigenvalue weighted by Crippen LogP contribution is 2.31. The van der Waals surface area contributed by atoms with Gasteiger partial charge in [0.2, 0.25) is 0 Å². The fourth-order valence-electron chi connectivity index (χ4n) is 2.52. The number of aliphatic imine (C=N–C) groups is 1. The molecule has 3 heterocycles. The van der Waals surface area contributed by atoms with Crippen LogP contribution in [0.15, 0.2) is 17.3 Å². The molecule has 2 saturated heterocycles. The molecule has 0 radical (unpaired) electrons. The van der Waals surface area contributed by atoms with Crippen molar-refractivity contribution < 1.29 is 14.9 Å². The molecular formula is C12H19N5O3S. The Bertz CT molecular complexity index is 497. The summed E-state index contributed by atoms with van der Waals surface area (Å²) in [5, 5.41) is 34.2. The van der Waals surface area contributed by atoms with Crippen LogP contribution in [0.3, 0.4) is 0 Å². The first kappa shape index (κ1) is 14.6. The number of aliphatic hydroxyl groups is 2. The number of anilines is 1. The van der Waals surface area contributed by atoms with E-state index in [0.717, 1.165) is 11.0 Å². The first-order valence-corrected chi connectivity index (χ1v) is 7.70. The van der Waals surface area contributed by atoms with Crippen molar-refractivity contribution in [3.05, 3.63) is 12.3 Å². The number of hydrogen-bond acceptors (Lipinski definition) is 7. The van der Waals surface area contributed by atoms with Gasteiger partial charge in [0.15, 0.2) is 5.17 Å². The molecule has 5 unspecified atom stereocenters. The third-order valence-corrected chi connectivity index (χ3v) is 4.76. The number of nitrogens with zero attached hydrogens (tertiary/aromatic N) is 2. The zero-order chi connectivity index (χ0) is 14.8. The van der Waals surface area contributed by atoms with Gasteiger partial charge in [-0.25, -0.2) is 0 Å². The summed E-state index contributed by atoms with van der Waals surface area (Å²) in [4.78, 5) is 4.11. The second-order valence-corrected chi connectivity index (χ2v) is 6.22. The molecule has 0 aromatic carbocycles. The number of aliphatic hydroxyl groups excluding tert-OH is 2. The molecule has 116 valence electrons. The third kappa shape index (κ3) is 3.15. The molecule has 21 heavy (non-hydrogen) atoms. The SMILES string of the molecule is CN=C1NC2CC(OC(CNc3ccn[nH]3)C(O)C2O)S1. The number of nitrogens with one attached hydrogen (secondary N) is 3. The summed E-state index contributed by atoms with van der Waals surface area (Å²) < 4.78 is 5.93. The molecule has 0 spiro atoms.